The largest absolute Gasteiger partial charge is 0.465 e. The van der Waals surface area contributed by atoms with Gasteiger partial charge in [0, 0.05) is 70.4 Å². The molecule has 5 amide bonds. The molecule has 0 radical (unpaired) electrons. The number of urea groups is 1. The first-order chi connectivity index (χ1) is 29.0. The molecule has 0 aromatic heterocycles. The highest BCUT2D eigenvalue weighted by Crippen LogP contribution is 2.34. The summed E-state index contributed by atoms with van der Waals surface area (Å²) < 4.78 is 11.6. The summed E-state index contributed by atoms with van der Waals surface area (Å²) in [6.07, 6.45) is 7.61. The highest BCUT2D eigenvalue weighted by molar-refractivity contribution is 6.33. The molecule has 14 nitrogen and oxygen atoms in total. The van der Waals surface area contributed by atoms with E-state index in [0.29, 0.717) is 94.1 Å². The van der Waals surface area contributed by atoms with E-state index in [2.05, 4.69) is 10.2 Å². The molecule has 2 aromatic rings. The Bertz CT molecular complexity index is 1830. The van der Waals surface area contributed by atoms with E-state index in [9.17, 15) is 24.0 Å². The molecule has 0 spiro atoms. The number of amides is 5. The number of hydrogen-bond donors (Lipinski definition) is 2. The van der Waals surface area contributed by atoms with Crippen LogP contribution in [-0.2, 0) is 36.7 Å². The van der Waals surface area contributed by atoms with Crippen molar-refractivity contribution in [2.75, 3.05) is 83.1 Å². The van der Waals surface area contributed by atoms with Crippen molar-refractivity contribution < 1.29 is 33.4 Å². The lowest BCUT2D eigenvalue weighted by Crippen LogP contribution is -2.52. The van der Waals surface area contributed by atoms with Crippen molar-refractivity contribution in [3.05, 3.63) is 58.1 Å². The van der Waals surface area contributed by atoms with Gasteiger partial charge in [0.15, 0.2) is 6.10 Å². The zero-order valence-electron chi connectivity index (χ0n) is 35.1. The predicted molar refractivity (Wildman–Crippen MR) is 230 cm³/mol. The van der Waals surface area contributed by atoms with Crippen LogP contribution in [0.15, 0.2) is 36.4 Å². The maximum atomic E-state index is 14.2. The fourth-order valence-electron chi connectivity index (χ4n) is 9.78. The number of nitrogens with zero attached hydrogens (tertiary/aromatic N) is 5. The van der Waals surface area contributed by atoms with Gasteiger partial charge in [0.2, 0.25) is 5.91 Å². The number of ether oxygens (including phenoxy) is 2. The van der Waals surface area contributed by atoms with Crippen molar-refractivity contribution in [1.82, 2.24) is 24.5 Å². The molecule has 60 heavy (non-hydrogen) atoms. The molecule has 0 unspecified atom stereocenters. The summed E-state index contributed by atoms with van der Waals surface area (Å²) in [6.45, 7) is 8.20. The van der Waals surface area contributed by atoms with Crippen molar-refractivity contribution in [3.63, 3.8) is 0 Å². The molecular formula is C45H62ClN7O7. The van der Waals surface area contributed by atoms with E-state index in [4.69, 9.17) is 26.8 Å². The molecular weight excluding hydrogens is 786 g/mol. The third-order valence-corrected chi connectivity index (χ3v) is 13.7. The van der Waals surface area contributed by atoms with E-state index in [1.807, 2.05) is 52.0 Å². The number of esters is 1. The third kappa shape index (κ3) is 11.0. The molecule has 0 saturated carbocycles. The van der Waals surface area contributed by atoms with E-state index in [0.717, 1.165) is 87.0 Å². The minimum atomic E-state index is -1.03. The minimum absolute atomic E-state index is 0.00953. The second-order valence-electron chi connectivity index (χ2n) is 17.3. The van der Waals surface area contributed by atoms with Crippen LogP contribution < -0.4 is 11.1 Å². The number of piperidine rings is 4. The van der Waals surface area contributed by atoms with Gasteiger partial charge in [-0.1, -0.05) is 35.9 Å². The van der Waals surface area contributed by atoms with Crippen LogP contribution in [0.25, 0.3) is 0 Å². The van der Waals surface area contributed by atoms with Gasteiger partial charge in [0.05, 0.1) is 23.9 Å². The number of carbonyl (C=O) groups is 5. The SMILES string of the molecule is Cc1cc(C[C@@H](OC(=O)N2CCC(N3CCc4ccccc4NC3=O)CC2)C(=O)N2CCC(C3CCN(CC(=O)OCCCN4CCCCC4=O)CC3)CC2)cc(Cl)c1N. The number of nitrogen functional groups attached to an aromatic ring is 1. The van der Waals surface area contributed by atoms with Gasteiger partial charge in [0.1, 0.15) is 0 Å². The number of halogens is 1. The lowest BCUT2D eigenvalue weighted by Gasteiger charge is -2.41. The maximum Gasteiger partial charge on any atom is 0.410 e. The summed E-state index contributed by atoms with van der Waals surface area (Å²) >= 11 is 6.46. The molecule has 0 bridgehead atoms. The first-order valence-corrected chi connectivity index (χ1v) is 22.5. The normalized spacial score (nSPS) is 20.6. The zero-order valence-corrected chi connectivity index (χ0v) is 35.8. The number of nitrogens with one attached hydrogen (secondary N) is 1. The number of nitrogens with two attached hydrogens (primary N) is 1. The van der Waals surface area contributed by atoms with Gasteiger partial charge in [0.25, 0.3) is 5.91 Å². The first-order valence-electron chi connectivity index (χ1n) is 22.1. The average molecular weight is 848 g/mol. The lowest BCUT2D eigenvalue weighted by atomic mass is 9.78. The molecule has 3 N–H and O–H groups in total. The Labute approximate surface area is 359 Å². The van der Waals surface area contributed by atoms with Crippen molar-refractivity contribution in [1.29, 1.82) is 0 Å². The summed E-state index contributed by atoms with van der Waals surface area (Å²) in [5.74, 6) is 0.768. The highest BCUT2D eigenvalue weighted by Gasteiger charge is 2.37. The molecule has 1 atom stereocenters. The van der Waals surface area contributed by atoms with Gasteiger partial charge in [-0.15, -0.1) is 0 Å². The number of rotatable bonds is 12. The van der Waals surface area contributed by atoms with Crippen molar-refractivity contribution in [3.8, 4) is 0 Å². The molecule has 5 heterocycles. The number of fused-ring (bicyclic) bond motifs is 1. The molecule has 4 fully saturated rings. The molecule has 7 rings (SSSR count). The minimum Gasteiger partial charge on any atom is -0.465 e. The van der Waals surface area contributed by atoms with Crippen LogP contribution in [-0.4, -0.2) is 139 Å². The zero-order chi connectivity index (χ0) is 42.2. The first kappa shape index (κ1) is 43.5. The van der Waals surface area contributed by atoms with Crippen LogP contribution in [0.2, 0.25) is 5.02 Å². The monoisotopic (exact) mass is 847 g/mol. The smallest absolute Gasteiger partial charge is 0.410 e. The molecule has 0 aliphatic carbocycles. The topological polar surface area (TPSA) is 158 Å². The number of hydrogen-bond acceptors (Lipinski definition) is 9. The standard InChI is InChI=1S/C45H62ClN7O7/c1-31-27-32(28-37(46)42(31)47)29-39(60-45(58)52-23-15-36(16-24-52)53-25-14-35-7-2-3-8-38(35)48-44(53)57)43(56)51-21-12-34(13-22-51)33-10-19-49(20-11-33)30-41(55)59-26-6-18-50-17-5-4-9-40(50)54/h2-3,7-8,27-28,33-34,36,39H,4-6,9-26,29-30,47H2,1H3,(H,48,57)/t39-/m1/s1. The molecule has 2 aromatic carbocycles. The van der Waals surface area contributed by atoms with E-state index in [1.54, 1.807) is 11.0 Å². The van der Waals surface area contributed by atoms with Crippen molar-refractivity contribution in [2.45, 2.75) is 96.1 Å². The second-order valence-corrected chi connectivity index (χ2v) is 17.7. The van der Waals surface area contributed by atoms with E-state index in [1.165, 1.54) is 0 Å². The van der Waals surface area contributed by atoms with Crippen LogP contribution in [0.1, 0.15) is 80.9 Å². The number of likely N-dealkylation sites (tertiary alicyclic amines) is 4. The third-order valence-electron chi connectivity index (χ3n) is 13.4. The summed E-state index contributed by atoms with van der Waals surface area (Å²) in [5, 5.41) is 3.45. The van der Waals surface area contributed by atoms with Crippen LogP contribution in [0.3, 0.4) is 0 Å². The maximum absolute atomic E-state index is 14.2. The van der Waals surface area contributed by atoms with Gasteiger partial charge in [-0.05, 0) is 125 Å². The van der Waals surface area contributed by atoms with Crippen LogP contribution in [0.5, 0.6) is 0 Å². The van der Waals surface area contributed by atoms with Crippen LogP contribution in [0.4, 0.5) is 21.0 Å². The Morgan fingerprint density at radius 2 is 1.57 bits per heavy atom. The summed E-state index contributed by atoms with van der Waals surface area (Å²) in [4.78, 5) is 75.2. The average Bonchev–Trinajstić information content (AvgIpc) is 3.42. The Balaban J connectivity index is 0.876. The van der Waals surface area contributed by atoms with Gasteiger partial charge in [-0.25, -0.2) is 9.59 Å². The Kier molecular flexibility index (Phi) is 14.8. The number of aryl methyl sites for hydroxylation is 1. The van der Waals surface area contributed by atoms with Crippen LogP contribution in [0, 0.1) is 18.8 Å². The predicted octanol–water partition coefficient (Wildman–Crippen LogP) is 5.73. The number of para-hydroxylation sites is 1. The molecule has 326 valence electrons. The van der Waals surface area contributed by atoms with E-state index in [-0.39, 0.29) is 42.8 Å². The molecule has 5 aliphatic rings. The fraction of sp³-hybridized carbons (Fsp3) is 0.622. The lowest BCUT2D eigenvalue weighted by molar-refractivity contribution is -0.145. The second kappa shape index (κ2) is 20.3. The van der Waals surface area contributed by atoms with Crippen molar-refractivity contribution in [2.24, 2.45) is 11.8 Å². The van der Waals surface area contributed by atoms with Gasteiger partial charge in [-0.3, -0.25) is 19.3 Å². The number of anilines is 2. The Morgan fingerprint density at radius 1 is 0.867 bits per heavy atom. The molecule has 15 heteroatoms. The van der Waals surface area contributed by atoms with Gasteiger partial charge in [-0.2, -0.15) is 0 Å². The molecule has 4 saturated heterocycles. The summed E-state index contributed by atoms with van der Waals surface area (Å²) in [6, 6.07) is 11.4. The highest BCUT2D eigenvalue weighted by atomic mass is 35.5. The van der Waals surface area contributed by atoms with E-state index < -0.39 is 12.2 Å². The van der Waals surface area contributed by atoms with E-state index >= 15 is 0 Å². The fourth-order valence-corrected chi connectivity index (χ4v) is 10.1. The summed E-state index contributed by atoms with van der Waals surface area (Å²) in [7, 11) is 0. The number of benzene rings is 2. The van der Waals surface area contributed by atoms with Gasteiger partial charge < -0.3 is 40.1 Å². The molecule has 5 aliphatic heterocycles. The van der Waals surface area contributed by atoms with Gasteiger partial charge >= 0.3 is 18.1 Å². The van der Waals surface area contributed by atoms with Crippen molar-refractivity contribution >= 4 is 52.9 Å². The Hall–Kier alpha value is -4.56. The summed E-state index contributed by atoms with van der Waals surface area (Å²) in [5.41, 5.74) is 10.1. The quantitative estimate of drug-likeness (QED) is 0.155. The number of carbonyl (C=O) groups excluding carboxylic acids is 5. The Morgan fingerprint density at radius 3 is 2.28 bits per heavy atom. The van der Waals surface area contributed by atoms with Crippen LogP contribution >= 0.6 is 11.6 Å².